The normalized spacial score (nSPS) is 11.3. The van der Waals surface area contributed by atoms with Crippen LogP contribution in [0.3, 0.4) is 0 Å². The van der Waals surface area contributed by atoms with Crippen LogP contribution in [0.1, 0.15) is 17.0 Å². The van der Waals surface area contributed by atoms with Gasteiger partial charge < -0.3 is 10.6 Å². The number of amides is 1. The summed E-state index contributed by atoms with van der Waals surface area (Å²) in [4.78, 5) is 39.4. The fourth-order valence-corrected chi connectivity index (χ4v) is 4.73. The molecule has 0 unspecified atom stereocenters. The summed E-state index contributed by atoms with van der Waals surface area (Å²) in [5.74, 6) is -0.688. The summed E-state index contributed by atoms with van der Waals surface area (Å²) in [5.41, 5.74) is 3.80. The van der Waals surface area contributed by atoms with Crippen molar-refractivity contribution in [3.05, 3.63) is 128 Å². The number of hydrogen-bond acceptors (Lipinski definition) is 5. The van der Waals surface area contributed by atoms with Gasteiger partial charge in [0.25, 0.3) is 17.0 Å². The summed E-state index contributed by atoms with van der Waals surface area (Å²) in [6.45, 7) is 3.59. The molecule has 210 valence electrons. The number of hydrogen-bond donors (Lipinski definition) is 2. The molecule has 10 heteroatoms. The summed E-state index contributed by atoms with van der Waals surface area (Å²) in [7, 11) is 3.55. The Morgan fingerprint density at radius 3 is 1.71 bits per heavy atom. The number of rotatable bonds is 7. The number of carbonyl (C=O) groups excluding carboxylic acids is 1. The van der Waals surface area contributed by atoms with Crippen LogP contribution < -0.4 is 21.8 Å². The molecule has 0 spiro atoms. The molecule has 42 heavy (non-hydrogen) atoms. The van der Waals surface area contributed by atoms with E-state index in [1.54, 1.807) is 64.4 Å². The molecule has 3 aromatic carbocycles. The smallest absolute Gasteiger partial charge is 0.295 e. The van der Waals surface area contributed by atoms with Crippen LogP contribution in [-0.4, -0.2) is 24.6 Å². The predicted molar refractivity (Wildman–Crippen MR) is 163 cm³/mol. The molecule has 2 heterocycles. The summed E-state index contributed by atoms with van der Waals surface area (Å²) in [6.07, 6.45) is 1.45. The molecular weight excluding hydrogens is 530 g/mol. The summed E-state index contributed by atoms with van der Waals surface area (Å²) in [6, 6.07) is 27.4. The van der Waals surface area contributed by atoms with Crippen molar-refractivity contribution in [1.29, 1.82) is 5.26 Å². The second kappa shape index (κ2) is 11.3. The van der Waals surface area contributed by atoms with E-state index >= 15 is 0 Å². The van der Waals surface area contributed by atoms with E-state index in [1.807, 2.05) is 68.6 Å². The van der Waals surface area contributed by atoms with Crippen molar-refractivity contribution < 1.29 is 4.79 Å². The molecule has 2 aromatic heterocycles. The van der Waals surface area contributed by atoms with Crippen LogP contribution in [0.5, 0.6) is 0 Å². The van der Waals surface area contributed by atoms with Crippen molar-refractivity contribution in [1.82, 2.24) is 18.7 Å². The van der Waals surface area contributed by atoms with E-state index in [1.165, 1.54) is 10.8 Å². The molecule has 0 atom stereocenters. The Bertz CT molecular complexity index is 1970. The van der Waals surface area contributed by atoms with Crippen molar-refractivity contribution in [2.24, 2.45) is 14.1 Å². The third-order valence-electron chi connectivity index (χ3n) is 7.20. The lowest BCUT2D eigenvalue weighted by molar-refractivity contribution is -0.112. The average molecular weight is 560 g/mol. The highest BCUT2D eigenvalue weighted by Gasteiger charge is 2.20. The Labute approximate surface area is 242 Å². The van der Waals surface area contributed by atoms with Gasteiger partial charge in [0.05, 0.1) is 22.8 Å². The number of nitrogens with zero attached hydrogens (tertiary/aromatic N) is 5. The van der Waals surface area contributed by atoms with Gasteiger partial charge in [-0.15, -0.1) is 0 Å². The van der Waals surface area contributed by atoms with E-state index in [0.29, 0.717) is 28.3 Å². The lowest BCUT2D eigenvalue weighted by Gasteiger charge is -2.07. The van der Waals surface area contributed by atoms with Crippen LogP contribution in [0.25, 0.3) is 17.5 Å². The molecule has 10 nitrogen and oxygen atoms in total. The minimum atomic E-state index is -0.688. The Kier molecular flexibility index (Phi) is 7.49. The van der Waals surface area contributed by atoms with E-state index in [9.17, 15) is 19.6 Å². The van der Waals surface area contributed by atoms with Gasteiger partial charge in [-0.05, 0) is 61.9 Å². The van der Waals surface area contributed by atoms with Crippen molar-refractivity contribution in [3.63, 3.8) is 0 Å². The lowest BCUT2D eigenvalue weighted by Crippen LogP contribution is -2.23. The molecule has 0 radical (unpaired) electrons. The highest BCUT2D eigenvalue weighted by molar-refractivity contribution is 6.09. The molecule has 5 rings (SSSR count). The zero-order chi connectivity index (χ0) is 30.0. The molecular formula is C32H29N7O3. The maximum Gasteiger partial charge on any atom is 0.295 e. The quantitative estimate of drug-likeness (QED) is 0.224. The minimum Gasteiger partial charge on any atom is -0.349 e. The third-order valence-corrected chi connectivity index (χ3v) is 7.20. The fraction of sp³-hybridized carbons (Fsp3) is 0.125. The van der Waals surface area contributed by atoms with Crippen molar-refractivity contribution >= 4 is 29.0 Å². The zero-order valence-corrected chi connectivity index (χ0v) is 23.6. The van der Waals surface area contributed by atoms with Gasteiger partial charge in [-0.1, -0.05) is 48.5 Å². The Balaban J connectivity index is 1.36. The second-order valence-electron chi connectivity index (χ2n) is 9.74. The van der Waals surface area contributed by atoms with E-state index in [2.05, 4.69) is 10.6 Å². The van der Waals surface area contributed by atoms with Gasteiger partial charge >= 0.3 is 0 Å². The van der Waals surface area contributed by atoms with Gasteiger partial charge in [0, 0.05) is 19.8 Å². The number of nitrogens with one attached hydrogen (secondary N) is 2. The van der Waals surface area contributed by atoms with Crippen LogP contribution in [0.2, 0.25) is 0 Å². The van der Waals surface area contributed by atoms with Gasteiger partial charge in [-0.2, -0.15) is 5.26 Å². The number of nitriles is 1. The van der Waals surface area contributed by atoms with Crippen LogP contribution >= 0.6 is 0 Å². The van der Waals surface area contributed by atoms with Gasteiger partial charge in [0.1, 0.15) is 23.0 Å². The van der Waals surface area contributed by atoms with Gasteiger partial charge in [-0.25, -0.2) is 9.36 Å². The number of carbonyl (C=O) groups is 1. The first-order valence-corrected chi connectivity index (χ1v) is 13.2. The van der Waals surface area contributed by atoms with Gasteiger partial charge in [-0.3, -0.25) is 23.7 Å². The summed E-state index contributed by atoms with van der Waals surface area (Å²) >= 11 is 0. The predicted octanol–water partition coefficient (Wildman–Crippen LogP) is 4.57. The Hall–Kier alpha value is -5.82. The van der Waals surface area contributed by atoms with Crippen molar-refractivity contribution in [2.75, 3.05) is 10.6 Å². The minimum absolute atomic E-state index is 0.103. The van der Waals surface area contributed by atoms with Gasteiger partial charge in [0.2, 0.25) is 0 Å². The van der Waals surface area contributed by atoms with Gasteiger partial charge in [0.15, 0.2) is 0 Å². The highest BCUT2D eigenvalue weighted by Crippen LogP contribution is 2.21. The van der Waals surface area contributed by atoms with Crippen LogP contribution in [0.15, 0.2) is 100 Å². The Morgan fingerprint density at radius 2 is 1.21 bits per heavy atom. The lowest BCUT2D eigenvalue weighted by atomic mass is 10.1. The number of benzene rings is 3. The molecule has 0 bridgehead atoms. The van der Waals surface area contributed by atoms with E-state index in [4.69, 9.17) is 0 Å². The van der Waals surface area contributed by atoms with Crippen LogP contribution in [0, 0.1) is 25.2 Å². The van der Waals surface area contributed by atoms with E-state index in [0.717, 1.165) is 11.4 Å². The zero-order valence-electron chi connectivity index (χ0n) is 23.6. The average Bonchev–Trinajstić information content (AvgIpc) is 3.35. The first-order chi connectivity index (χ1) is 20.2. The molecule has 5 aromatic rings. The molecule has 2 N–H and O–H groups in total. The largest absolute Gasteiger partial charge is 0.349 e. The number of anilines is 3. The number of aromatic nitrogens is 4. The molecule has 1 amide bonds. The number of para-hydroxylation sites is 2. The highest BCUT2D eigenvalue weighted by atomic mass is 16.2. The molecule has 0 aliphatic heterocycles. The van der Waals surface area contributed by atoms with Crippen LogP contribution in [0.4, 0.5) is 17.1 Å². The molecule has 0 aliphatic rings. The summed E-state index contributed by atoms with van der Waals surface area (Å²) < 4.78 is 6.49. The maximum absolute atomic E-state index is 13.2. The monoisotopic (exact) mass is 559 g/mol. The second-order valence-corrected chi connectivity index (χ2v) is 9.74. The SMILES string of the molecule is Cc1c(NC(=O)/C(C#N)=C/c2ccc(Nc3c(C)n(C)n(-c4ccccc4)c3=O)cc2)c(=O)n(-c2ccccc2)n1C. The topological polar surface area (TPSA) is 119 Å². The van der Waals surface area contributed by atoms with Crippen LogP contribution in [-0.2, 0) is 18.9 Å². The van der Waals surface area contributed by atoms with Crippen molar-refractivity contribution in [2.45, 2.75) is 13.8 Å². The standard InChI is InChI=1S/C32H29N7O3/c1-21-28(31(41)38(36(21)3)26-11-7-5-8-12-26)34-25-17-15-23(16-18-25)19-24(20-33)30(40)35-29-22(2)37(4)39(32(29)42)27-13-9-6-10-14-27/h5-19,34H,1-4H3,(H,35,40)/b24-19+. The summed E-state index contributed by atoms with van der Waals surface area (Å²) in [5, 5.41) is 15.5. The molecule has 0 aliphatic carbocycles. The van der Waals surface area contributed by atoms with Crippen molar-refractivity contribution in [3.8, 4) is 17.4 Å². The molecule has 0 saturated heterocycles. The maximum atomic E-state index is 13.2. The van der Waals surface area contributed by atoms with E-state index in [-0.39, 0.29) is 16.8 Å². The first-order valence-electron chi connectivity index (χ1n) is 13.2. The molecule has 0 fully saturated rings. The fourth-order valence-electron chi connectivity index (χ4n) is 4.73. The van der Waals surface area contributed by atoms with E-state index < -0.39 is 11.5 Å². The Morgan fingerprint density at radius 1 is 0.738 bits per heavy atom. The first kappa shape index (κ1) is 27.7. The third kappa shape index (κ3) is 5.07. The molecule has 0 saturated carbocycles.